The molecule has 27 heavy (non-hydrogen) atoms. The molecule has 0 radical (unpaired) electrons. The van der Waals surface area contributed by atoms with Crippen molar-refractivity contribution in [2.45, 2.75) is 45.4 Å². The maximum atomic E-state index is 12.3. The summed E-state index contributed by atoms with van der Waals surface area (Å²) in [5.74, 6) is 0.568. The van der Waals surface area contributed by atoms with Gasteiger partial charge in [-0.25, -0.2) is 0 Å². The molecule has 3 rings (SSSR count). The maximum Gasteiger partial charge on any atom is 0.261 e. The lowest BCUT2D eigenvalue weighted by atomic mass is 10.1. The van der Waals surface area contributed by atoms with E-state index in [-0.39, 0.29) is 5.91 Å². The minimum atomic E-state index is -0.537. The largest absolute Gasteiger partial charge is 0.481 e. The number of ether oxygens (including phenoxy) is 1. The van der Waals surface area contributed by atoms with Crippen LogP contribution in [0, 0.1) is 0 Å². The Morgan fingerprint density at radius 1 is 1.04 bits per heavy atom. The number of rotatable bonds is 7. The molecule has 1 atom stereocenters. The van der Waals surface area contributed by atoms with Crippen molar-refractivity contribution in [3.8, 4) is 5.75 Å². The van der Waals surface area contributed by atoms with E-state index in [1.807, 2.05) is 24.3 Å². The van der Waals surface area contributed by atoms with Crippen LogP contribution in [-0.4, -0.2) is 30.0 Å². The van der Waals surface area contributed by atoms with Crippen LogP contribution in [0.1, 0.15) is 37.3 Å². The molecular formula is C22H27BrN2O2. The predicted octanol–water partition coefficient (Wildman–Crippen LogP) is 4.52. The van der Waals surface area contributed by atoms with Gasteiger partial charge in [-0.2, -0.15) is 0 Å². The third-order valence-electron chi connectivity index (χ3n) is 4.84. The molecule has 1 N–H and O–H groups in total. The number of hydrogen-bond acceptors (Lipinski definition) is 3. The van der Waals surface area contributed by atoms with E-state index >= 15 is 0 Å². The SMILES string of the molecule is C[C@@H](Oc1ccc(Br)cc1)C(=O)NCc1ccc(CN2CCCCC2)cc1. The molecule has 0 unspecified atom stereocenters. The van der Waals surface area contributed by atoms with Gasteiger partial charge in [0.15, 0.2) is 6.10 Å². The highest BCUT2D eigenvalue weighted by Crippen LogP contribution is 2.17. The number of halogens is 1. The molecular weight excluding hydrogens is 404 g/mol. The average Bonchev–Trinajstić information content (AvgIpc) is 2.69. The number of benzene rings is 2. The lowest BCUT2D eigenvalue weighted by molar-refractivity contribution is -0.127. The zero-order chi connectivity index (χ0) is 19.1. The Morgan fingerprint density at radius 3 is 2.33 bits per heavy atom. The second-order valence-corrected chi connectivity index (χ2v) is 8.00. The smallest absolute Gasteiger partial charge is 0.261 e. The van der Waals surface area contributed by atoms with Gasteiger partial charge in [0.2, 0.25) is 0 Å². The van der Waals surface area contributed by atoms with Gasteiger partial charge in [0.1, 0.15) is 5.75 Å². The lowest BCUT2D eigenvalue weighted by Crippen LogP contribution is -2.35. The molecule has 0 spiro atoms. The Bertz CT molecular complexity index is 725. The van der Waals surface area contributed by atoms with Crippen LogP contribution in [0.3, 0.4) is 0 Å². The average molecular weight is 431 g/mol. The summed E-state index contributed by atoms with van der Waals surface area (Å²) in [5, 5.41) is 2.95. The number of hydrogen-bond donors (Lipinski definition) is 1. The summed E-state index contributed by atoms with van der Waals surface area (Å²) < 4.78 is 6.67. The Balaban J connectivity index is 1.44. The molecule has 0 bridgehead atoms. The highest BCUT2D eigenvalue weighted by atomic mass is 79.9. The zero-order valence-corrected chi connectivity index (χ0v) is 17.4. The highest BCUT2D eigenvalue weighted by molar-refractivity contribution is 9.10. The van der Waals surface area contributed by atoms with Crippen molar-refractivity contribution >= 4 is 21.8 Å². The first kappa shape index (κ1) is 19.9. The van der Waals surface area contributed by atoms with Crippen molar-refractivity contribution in [1.82, 2.24) is 10.2 Å². The van der Waals surface area contributed by atoms with Gasteiger partial charge >= 0.3 is 0 Å². The van der Waals surface area contributed by atoms with E-state index in [4.69, 9.17) is 4.74 Å². The normalized spacial score (nSPS) is 15.9. The number of carbonyl (C=O) groups is 1. The van der Waals surface area contributed by atoms with E-state index in [9.17, 15) is 4.79 Å². The number of carbonyl (C=O) groups excluding carboxylic acids is 1. The molecule has 144 valence electrons. The van der Waals surface area contributed by atoms with E-state index in [1.54, 1.807) is 6.92 Å². The van der Waals surface area contributed by atoms with Crippen molar-refractivity contribution in [3.63, 3.8) is 0 Å². The van der Waals surface area contributed by atoms with Crippen LogP contribution in [0.25, 0.3) is 0 Å². The fraction of sp³-hybridized carbons (Fsp3) is 0.409. The molecule has 5 heteroatoms. The Morgan fingerprint density at radius 2 is 1.67 bits per heavy atom. The van der Waals surface area contributed by atoms with Crippen molar-refractivity contribution in [2.75, 3.05) is 13.1 Å². The Hall–Kier alpha value is -1.85. The molecule has 2 aromatic carbocycles. The van der Waals surface area contributed by atoms with Gasteiger partial charge < -0.3 is 10.1 Å². The molecule has 0 saturated carbocycles. The summed E-state index contributed by atoms with van der Waals surface area (Å²) in [6.07, 6.45) is 3.44. The summed E-state index contributed by atoms with van der Waals surface area (Å²) >= 11 is 3.39. The minimum Gasteiger partial charge on any atom is -0.481 e. The summed E-state index contributed by atoms with van der Waals surface area (Å²) in [7, 11) is 0. The van der Waals surface area contributed by atoms with E-state index in [2.05, 4.69) is 50.4 Å². The van der Waals surface area contributed by atoms with E-state index in [0.29, 0.717) is 12.3 Å². The molecule has 1 aliphatic heterocycles. The molecule has 1 fully saturated rings. The van der Waals surface area contributed by atoms with Crippen LogP contribution in [0.4, 0.5) is 0 Å². The maximum absolute atomic E-state index is 12.3. The van der Waals surface area contributed by atoms with Crippen molar-refractivity contribution < 1.29 is 9.53 Å². The van der Waals surface area contributed by atoms with Crippen molar-refractivity contribution in [1.29, 1.82) is 0 Å². The first-order valence-corrected chi connectivity index (χ1v) is 10.4. The number of nitrogens with one attached hydrogen (secondary N) is 1. The Kier molecular flexibility index (Phi) is 7.30. The summed E-state index contributed by atoms with van der Waals surface area (Å²) in [6.45, 7) is 5.70. The third kappa shape index (κ3) is 6.36. The fourth-order valence-electron chi connectivity index (χ4n) is 3.24. The lowest BCUT2D eigenvalue weighted by Gasteiger charge is -2.26. The summed E-state index contributed by atoms with van der Waals surface area (Å²) in [5.41, 5.74) is 2.43. The summed E-state index contributed by atoms with van der Waals surface area (Å²) in [4.78, 5) is 14.8. The van der Waals surface area contributed by atoms with Gasteiger partial charge in [-0.05, 0) is 68.2 Å². The van der Waals surface area contributed by atoms with Gasteiger partial charge in [0.05, 0.1) is 0 Å². The topological polar surface area (TPSA) is 41.6 Å². The van der Waals surface area contributed by atoms with Crippen LogP contribution in [0.2, 0.25) is 0 Å². The zero-order valence-electron chi connectivity index (χ0n) is 15.8. The van der Waals surface area contributed by atoms with Crippen LogP contribution in [0.15, 0.2) is 53.0 Å². The van der Waals surface area contributed by atoms with Crippen LogP contribution in [-0.2, 0) is 17.9 Å². The Labute approximate surface area is 170 Å². The molecule has 0 aliphatic carbocycles. The van der Waals surface area contributed by atoms with Crippen LogP contribution in [0.5, 0.6) is 5.75 Å². The molecule has 2 aromatic rings. The second kappa shape index (κ2) is 9.90. The van der Waals surface area contributed by atoms with Crippen molar-refractivity contribution in [2.24, 2.45) is 0 Å². The van der Waals surface area contributed by atoms with Gasteiger partial charge in [-0.1, -0.05) is 46.6 Å². The first-order chi connectivity index (χ1) is 13.1. The number of nitrogens with zero attached hydrogens (tertiary/aromatic N) is 1. The van der Waals surface area contributed by atoms with E-state index in [0.717, 1.165) is 16.6 Å². The predicted molar refractivity (Wildman–Crippen MR) is 112 cm³/mol. The molecule has 0 aromatic heterocycles. The molecule has 1 amide bonds. The highest BCUT2D eigenvalue weighted by Gasteiger charge is 2.14. The van der Waals surface area contributed by atoms with Crippen LogP contribution < -0.4 is 10.1 Å². The van der Waals surface area contributed by atoms with Gasteiger partial charge in [-0.15, -0.1) is 0 Å². The molecule has 4 nitrogen and oxygen atoms in total. The quantitative estimate of drug-likeness (QED) is 0.701. The van der Waals surface area contributed by atoms with Gasteiger partial charge in [0.25, 0.3) is 5.91 Å². The van der Waals surface area contributed by atoms with Gasteiger partial charge in [0, 0.05) is 17.6 Å². The number of likely N-dealkylation sites (tertiary alicyclic amines) is 1. The first-order valence-electron chi connectivity index (χ1n) is 9.60. The van der Waals surface area contributed by atoms with Gasteiger partial charge in [-0.3, -0.25) is 9.69 Å². The monoisotopic (exact) mass is 430 g/mol. The third-order valence-corrected chi connectivity index (χ3v) is 5.37. The molecule has 1 heterocycles. The number of amides is 1. The van der Waals surface area contributed by atoms with E-state index < -0.39 is 6.10 Å². The van der Waals surface area contributed by atoms with E-state index in [1.165, 1.54) is 37.9 Å². The summed E-state index contributed by atoms with van der Waals surface area (Å²) in [6, 6.07) is 16.0. The fourth-order valence-corrected chi connectivity index (χ4v) is 3.51. The van der Waals surface area contributed by atoms with Crippen molar-refractivity contribution in [3.05, 3.63) is 64.1 Å². The standard InChI is InChI=1S/C22H27BrN2O2/c1-17(27-21-11-9-20(23)10-12-21)22(26)24-15-18-5-7-19(8-6-18)16-25-13-3-2-4-14-25/h5-12,17H,2-4,13-16H2,1H3,(H,24,26)/t17-/m1/s1. The minimum absolute atomic E-state index is 0.115. The molecule has 1 aliphatic rings. The second-order valence-electron chi connectivity index (χ2n) is 7.09. The molecule has 1 saturated heterocycles. The number of piperidine rings is 1. The van der Waals surface area contributed by atoms with Crippen LogP contribution >= 0.6 is 15.9 Å².